The Morgan fingerprint density at radius 2 is 1.59 bits per heavy atom. The minimum atomic E-state index is -0.702. The molecule has 2 fully saturated rings. The van der Waals surface area contributed by atoms with E-state index in [1.165, 1.54) is 11.6 Å². The molecule has 3 aliphatic carbocycles. The lowest BCUT2D eigenvalue weighted by molar-refractivity contribution is -0.144. The molecule has 3 aromatic rings. The van der Waals surface area contributed by atoms with Crippen molar-refractivity contribution in [2.24, 2.45) is 17.8 Å². The van der Waals surface area contributed by atoms with Crippen LogP contribution in [0, 0.1) is 17.8 Å². The average molecular weight is 678 g/mol. The van der Waals surface area contributed by atoms with Gasteiger partial charge in [-0.05, 0) is 69.9 Å². The number of carbonyl (C=O) groups is 4. The van der Waals surface area contributed by atoms with Gasteiger partial charge >= 0.3 is 0 Å². The smallest absolute Gasteiger partial charge is 0.233 e. The number of phenolic OH excluding ortho intramolecular Hbond substituents is 1. The molecular formula is C38H33BrN2O5. The summed E-state index contributed by atoms with van der Waals surface area (Å²) in [5.74, 6) is -3.06. The number of amides is 2. The molecular weight excluding hydrogens is 644 g/mol. The highest BCUT2D eigenvalue weighted by molar-refractivity contribution is 9.12. The Bertz CT molecular complexity index is 1920. The summed E-state index contributed by atoms with van der Waals surface area (Å²) in [5, 5.41) is 13.0. The van der Waals surface area contributed by atoms with E-state index in [2.05, 4.69) is 33.0 Å². The van der Waals surface area contributed by atoms with Gasteiger partial charge in [-0.15, -0.1) is 0 Å². The summed E-state index contributed by atoms with van der Waals surface area (Å²) in [4.78, 5) is 59.6. The lowest BCUT2D eigenvalue weighted by atomic mass is 9.59. The number of carbonyl (C=O) groups excluding carboxylic acids is 4. The molecule has 1 N–H and O–H groups in total. The lowest BCUT2D eigenvalue weighted by Crippen LogP contribution is -2.47. The predicted octanol–water partition coefficient (Wildman–Crippen LogP) is 5.97. The Kier molecular flexibility index (Phi) is 7.18. The molecule has 5 aliphatic rings. The number of likely N-dealkylation sites (tertiary alicyclic amines) is 2. The van der Waals surface area contributed by atoms with Gasteiger partial charge in [0.15, 0.2) is 11.6 Å². The summed E-state index contributed by atoms with van der Waals surface area (Å²) in [5.41, 5.74) is 3.38. The maximum absolute atomic E-state index is 14.4. The number of phenols is 1. The number of allylic oxidation sites excluding steroid dienone is 6. The Labute approximate surface area is 275 Å². The first-order valence-electron chi connectivity index (χ1n) is 16.0. The van der Waals surface area contributed by atoms with E-state index in [0.29, 0.717) is 23.1 Å². The van der Waals surface area contributed by atoms with Gasteiger partial charge in [-0.2, -0.15) is 0 Å². The predicted molar refractivity (Wildman–Crippen MR) is 177 cm³/mol. The Hall–Kier alpha value is -4.14. The van der Waals surface area contributed by atoms with Crippen LogP contribution >= 0.6 is 15.9 Å². The van der Waals surface area contributed by atoms with Crippen LogP contribution in [0.3, 0.4) is 0 Å². The fourth-order valence-corrected chi connectivity index (χ4v) is 9.13. The highest BCUT2D eigenvalue weighted by Crippen LogP contribution is 2.57. The second-order valence-electron chi connectivity index (χ2n) is 13.2. The van der Waals surface area contributed by atoms with E-state index in [4.69, 9.17) is 0 Å². The molecule has 0 saturated carbocycles. The zero-order valence-corrected chi connectivity index (χ0v) is 26.8. The maximum Gasteiger partial charge on any atom is 0.233 e. The van der Waals surface area contributed by atoms with Crippen LogP contribution in [-0.4, -0.2) is 57.4 Å². The normalized spacial score (nSPS) is 27.0. The van der Waals surface area contributed by atoms with Gasteiger partial charge in [0, 0.05) is 54.4 Å². The third-order valence-corrected chi connectivity index (χ3v) is 11.4. The summed E-state index contributed by atoms with van der Waals surface area (Å²) in [6.45, 7) is 2.44. The number of halogens is 1. The van der Waals surface area contributed by atoms with E-state index in [9.17, 15) is 24.3 Å². The monoisotopic (exact) mass is 676 g/mol. The number of aromatic hydroxyl groups is 1. The molecule has 4 atom stereocenters. The molecule has 8 heteroatoms. The minimum Gasteiger partial charge on any atom is -0.508 e. The molecule has 0 radical (unpaired) electrons. The van der Waals surface area contributed by atoms with Crippen molar-refractivity contribution in [3.63, 3.8) is 0 Å². The zero-order chi connectivity index (χ0) is 31.7. The van der Waals surface area contributed by atoms with Crippen LogP contribution in [0.15, 0.2) is 100 Å². The average Bonchev–Trinajstić information content (AvgIpc) is 3.33. The van der Waals surface area contributed by atoms with Crippen molar-refractivity contribution < 1.29 is 24.3 Å². The van der Waals surface area contributed by atoms with E-state index < -0.39 is 23.7 Å². The van der Waals surface area contributed by atoms with E-state index in [-0.39, 0.29) is 46.1 Å². The number of fused-ring (bicyclic) bond motifs is 4. The number of ketones is 2. The summed E-state index contributed by atoms with van der Waals surface area (Å²) < 4.78 is 0.189. The first kappa shape index (κ1) is 29.3. The molecule has 3 aromatic carbocycles. The Balaban J connectivity index is 1.15. The van der Waals surface area contributed by atoms with Gasteiger partial charge in [-0.3, -0.25) is 29.0 Å². The summed E-state index contributed by atoms with van der Waals surface area (Å²) >= 11 is 3.30. The summed E-state index contributed by atoms with van der Waals surface area (Å²) in [7, 11) is 0. The summed E-state index contributed by atoms with van der Waals surface area (Å²) in [6, 6.07) is 21.3. The largest absolute Gasteiger partial charge is 0.508 e. The molecule has 2 amide bonds. The van der Waals surface area contributed by atoms with Crippen molar-refractivity contribution in [2.75, 3.05) is 13.1 Å². The van der Waals surface area contributed by atoms with Crippen molar-refractivity contribution in [3.05, 3.63) is 111 Å². The fraction of sp³-hybridized carbons (Fsp3) is 0.316. The van der Waals surface area contributed by atoms with Gasteiger partial charge in [0.05, 0.1) is 16.3 Å². The van der Waals surface area contributed by atoms with Crippen molar-refractivity contribution in [1.29, 1.82) is 0 Å². The Morgan fingerprint density at radius 1 is 0.848 bits per heavy atom. The van der Waals surface area contributed by atoms with Crippen LogP contribution in [0.5, 0.6) is 5.75 Å². The third kappa shape index (κ3) is 4.56. The number of Topliss-reactive ketones (excluding diaryl/α,β-unsaturated/α-hetero) is 1. The van der Waals surface area contributed by atoms with Gasteiger partial charge < -0.3 is 5.11 Å². The van der Waals surface area contributed by atoms with Crippen LogP contribution in [0.4, 0.5) is 0 Å². The van der Waals surface area contributed by atoms with Crippen LogP contribution in [0.1, 0.15) is 42.7 Å². The first-order valence-corrected chi connectivity index (χ1v) is 16.8. The molecule has 0 spiro atoms. The van der Waals surface area contributed by atoms with Crippen LogP contribution in [0.25, 0.3) is 10.8 Å². The van der Waals surface area contributed by atoms with Gasteiger partial charge in [-0.25, -0.2) is 0 Å². The zero-order valence-electron chi connectivity index (χ0n) is 25.2. The van der Waals surface area contributed by atoms with Gasteiger partial charge in [0.1, 0.15) is 5.75 Å². The van der Waals surface area contributed by atoms with Crippen molar-refractivity contribution in [1.82, 2.24) is 9.80 Å². The molecule has 0 aromatic heterocycles. The van der Waals surface area contributed by atoms with E-state index >= 15 is 0 Å². The molecule has 7 nitrogen and oxygen atoms in total. The first-order chi connectivity index (χ1) is 22.3. The lowest BCUT2D eigenvalue weighted by Gasteiger charge is -2.42. The Morgan fingerprint density at radius 3 is 2.37 bits per heavy atom. The van der Waals surface area contributed by atoms with Crippen LogP contribution in [-0.2, 0) is 25.7 Å². The summed E-state index contributed by atoms with van der Waals surface area (Å²) in [6.07, 6.45) is 5.38. The number of piperidine rings is 1. The van der Waals surface area contributed by atoms with Gasteiger partial charge in [0.25, 0.3) is 0 Å². The number of imide groups is 1. The van der Waals surface area contributed by atoms with Crippen molar-refractivity contribution >= 4 is 50.1 Å². The maximum atomic E-state index is 14.4. The molecule has 8 rings (SSSR count). The second-order valence-corrected chi connectivity index (χ2v) is 14.0. The second kappa shape index (κ2) is 11.3. The molecule has 2 aliphatic heterocycles. The van der Waals surface area contributed by atoms with Crippen LogP contribution < -0.4 is 0 Å². The van der Waals surface area contributed by atoms with Crippen molar-refractivity contribution in [3.8, 4) is 5.75 Å². The quantitative estimate of drug-likeness (QED) is 0.208. The van der Waals surface area contributed by atoms with E-state index in [0.717, 1.165) is 48.8 Å². The van der Waals surface area contributed by atoms with E-state index in [1.807, 2.05) is 54.6 Å². The van der Waals surface area contributed by atoms with Crippen molar-refractivity contribution in [2.45, 2.75) is 44.2 Å². The number of nitrogens with zero attached hydrogens (tertiary/aromatic N) is 2. The molecule has 0 bridgehead atoms. The number of rotatable bonds is 4. The standard InChI is InChI=1S/C38H33BrN2O5/c39-29-19-31(43)34-28(36(29)44)18-27-25(35(34)33-24-9-5-4-8-22(24)10-13-30(33)42)11-12-26-32(27)38(46)41(37(26)45)23-14-16-40(17-15-23)20-21-6-2-1-3-7-21/h1-11,13,19,23,26-27,32,35,42H,12,14-18,20H2/t26-,27+,32-,35+/m0/s1. The number of benzene rings is 3. The molecule has 0 unspecified atom stereocenters. The van der Waals surface area contributed by atoms with Gasteiger partial charge in [-0.1, -0.05) is 72.3 Å². The number of hydrogen-bond donors (Lipinski definition) is 1. The third-order valence-electron chi connectivity index (χ3n) is 10.8. The molecule has 2 saturated heterocycles. The molecule has 2 heterocycles. The molecule has 46 heavy (non-hydrogen) atoms. The minimum absolute atomic E-state index is 0.0332. The SMILES string of the molecule is O=C1C=C(Br)C(=O)C2=C1[C@@H](c1c(O)ccc3ccccc13)C1=CC[C@@H]3C(=O)N(C4CCN(Cc5ccccc5)CC4)C(=O)[C@@H]3[C@@H]1C2. The molecule has 232 valence electrons. The van der Waals surface area contributed by atoms with E-state index in [1.54, 1.807) is 11.0 Å². The fourth-order valence-electron chi connectivity index (χ4n) is 8.69. The van der Waals surface area contributed by atoms with Crippen LogP contribution in [0.2, 0.25) is 0 Å². The highest BCUT2D eigenvalue weighted by Gasteiger charge is 2.57. The number of hydrogen-bond acceptors (Lipinski definition) is 6. The van der Waals surface area contributed by atoms with Gasteiger partial charge in [0.2, 0.25) is 11.8 Å². The topological polar surface area (TPSA) is 95.0 Å². The highest BCUT2D eigenvalue weighted by atomic mass is 79.9.